The number of ketones is 2. The molecule has 2 aromatic heterocycles. The van der Waals surface area contributed by atoms with E-state index in [4.69, 9.17) is 4.52 Å². The number of H-pyrrole nitrogens is 1. The van der Waals surface area contributed by atoms with Crippen LogP contribution in [-0.4, -0.2) is 26.9 Å². The molecule has 0 spiro atoms. The Labute approximate surface area is 127 Å². The first-order valence-corrected chi connectivity index (χ1v) is 7.84. The molecule has 2 aliphatic carbocycles. The predicted molar refractivity (Wildman–Crippen MR) is 77.0 cm³/mol. The molecule has 2 aromatic rings. The van der Waals surface area contributed by atoms with Crippen LogP contribution in [0.3, 0.4) is 0 Å². The molecular formula is C16H17N3O3. The number of carbonyl (C=O) groups is 2. The summed E-state index contributed by atoms with van der Waals surface area (Å²) in [6.07, 6.45) is 5.73. The Kier molecular flexibility index (Phi) is 3.17. The Hall–Kier alpha value is -2.24. The predicted octanol–water partition coefficient (Wildman–Crippen LogP) is 2.22. The fourth-order valence-electron chi connectivity index (χ4n) is 3.45. The van der Waals surface area contributed by atoms with Crippen molar-refractivity contribution in [2.24, 2.45) is 0 Å². The molecule has 2 aliphatic rings. The first-order valence-electron chi connectivity index (χ1n) is 7.84. The van der Waals surface area contributed by atoms with E-state index in [0.29, 0.717) is 42.7 Å². The summed E-state index contributed by atoms with van der Waals surface area (Å²) in [6, 6.07) is 0. The highest BCUT2D eigenvalue weighted by molar-refractivity contribution is 5.99. The number of aromatic nitrogens is 3. The summed E-state index contributed by atoms with van der Waals surface area (Å²) >= 11 is 0. The molecule has 6 nitrogen and oxygen atoms in total. The molecule has 0 unspecified atom stereocenters. The van der Waals surface area contributed by atoms with Gasteiger partial charge in [0, 0.05) is 25.0 Å². The Morgan fingerprint density at radius 1 is 0.909 bits per heavy atom. The van der Waals surface area contributed by atoms with E-state index in [0.717, 1.165) is 42.6 Å². The third-order valence-corrected chi connectivity index (χ3v) is 4.54. The van der Waals surface area contributed by atoms with Gasteiger partial charge in [-0.25, -0.2) is 0 Å². The van der Waals surface area contributed by atoms with Crippen molar-refractivity contribution in [1.82, 2.24) is 15.4 Å². The number of hydrogen-bond acceptors (Lipinski definition) is 5. The van der Waals surface area contributed by atoms with E-state index in [1.807, 2.05) is 0 Å². The van der Waals surface area contributed by atoms with Gasteiger partial charge in [-0.1, -0.05) is 5.16 Å². The van der Waals surface area contributed by atoms with Crippen LogP contribution in [-0.2, 0) is 25.7 Å². The SMILES string of the molecule is O=C1CCCc2[nH]nc(CCc3noc4c3C(=O)CCC4)c21. The molecule has 0 fully saturated rings. The molecule has 4 rings (SSSR count). The molecule has 0 bridgehead atoms. The number of aromatic amines is 1. The molecule has 0 saturated heterocycles. The second-order valence-corrected chi connectivity index (χ2v) is 6.00. The van der Waals surface area contributed by atoms with Gasteiger partial charge in [-0.3, -0.25) is 14.7 Å². The molecule has 0 saturated carbocycles. The molecule has 0 atom stereocenters. The lowest BCUT2D eigenvalue weighted by Gasteiger charge is -2.10. The molecule has 0 aliphatic heterocycles. The van der Waals surface area contributed by atoms with Crippen molar-refractivity contribution < 1.29 is 14.1 Å². The minimum Gasteiger partial charge on any atom is -0.360 e. The second-order valence-electron chi connectivity index (χ2n) is 6.00. The normalized spacial score (nSPS) is 17.5. The molecule has 22 heavy (non-hydrogen) atoms. The smallest absolute Gasteiger partial charge is 0.168 e. The lowest BCUT2D eigenvalue weighted by Crippen LogP contribution is -2.13. The van der Waals surface area contributed by atoms with Crippen LogP contribution >= 0.6 is 0 Å². The van der Waals surface area contributed by atoms with Crippen LogP contribution in [0.4, 0.5) is 0 Å². The van der Waals surface area contributed by atoms with Crippen LogP contribution in [0.1, 0.15) is 69.2 Å². The number of hydrogen-bond donors (Lipinski definition) is 1. The Morgan fingerprint density at radius 2 is 1.64 bits per heavy atom. The number of fused-ring (bicyclic) bond motifs is 2. The van der Waals surface area contributed by atoms with Gasteiger partial charge in [0.25, 0.3) is 0 Å². The van der Waals surface area contributed by atoms with Gasteiger partial charge in [-0.15, -0.1) is 0 Å². The van der Waals surface area contributed by atoms with Crippen molar-refractivity contribution in [2.45, 2.75) is 51.4 Å². The maximum atomic E-state index is 12.1. The van der Waals surface area contributed by atoms with E-state index in [1.165, 1.54) is 0 Å². The highest BCUT2D eigenvalue weighted by atomic mass is 16.5. The van der Waals surface area contributed by atoms with Crippen molar-refractivity contribution in [2.75, 3.05) is 0 Å². The summed E-state index contributed by atoms with van der Waals surface area (Å²) in [6.45, 7) is 0. The molecule has 0 radical (unpaired) electrons. The van der Waals surface area contributed by atoms with Crippen LogP contribution in [0.15, 0.2) is 4.52 Å². The van der Waals surface area contributed by atoms with Crippen molar-refractivity contribution >= 4 is 11.6 Å². The third-order valence-electron chi connectivity index (χ3n) is 4.54. The summed E-state index contributed by atoms with van der Waals surface area (Å²) in [7, 11) is 0. The molecule has 2 heterocycles. The van der Waals surface area contributed by atoms with Gasteiger partial charge in [-0.05, 0) is 32.1 Å². The first kappa shape index (κ1) is 13.4. The summed E-state index contributed by atoms with van der Waals surface area (Å²) < 4.78 is 5.30. The van der Waals surface area contributed by atoms with Crippen molar-refractivity contribution in [3.05, 3.63) is 34.0 Å². The molecule has 1 N–H and O–H groups in total. The molecule has 0 amide bonds. The number of nitrogens with zero attached hydrogens (tertiary/aromatic N) is 2. The van der Waals surface area contributed by atoms with Gasteiger partial charge in [-0.2, -0.15) is 5.10 Å². The Balaban J connectivity index is 1.57. The van der Waals surface area contributed by atoms with E-state index >= 15 is 0 Å². The fourth-order valence-corrected chi connectivity index (χ4v) is 3.45. The van der Waals surface area contributed by atoms with E-state index in [1.54, 1.807) is 0 Å². The molecular weight excluding hydrogens is 282 g/mol. The average molecular weight is 299 g/mol. The quantitative estimate of drug-likeness (QED) is 0.938. The number of aryl methyl sites for hydroxylation is 4. The fraction of sp³-hybridized carbons (Fsp3) is 0.500. The standard InChI is InChI=1S/C16H17N3O3/c20-12-4-1-3-9-15(12)10(18-17-9)7-8-11-16-13(21)5-2-6-14(16)22-19-11/h1-8H2,(H,17,18). The van der Waals surface area contributed by atoms with E-state index in [9.17, 15) is 9.59 Å². The van der Waals surface area contributed by atoms with Gasteiger partial charge < -0.3 is 4.52 Å². The van der Waals surface area contributed by atoms with Gasteiger partial charge in [0.05, 0.1) is 22.5 Å². The highest BCUT2D eigenvalue weighted by Gasteiger charge is 2.27. The van der Waals surface area contributed by atoms with Gasteiger partial charge >= 0.3 is 0 Å². The summed E-state index contributed by atoms with van der Waals surface area (Å²) in [5.74, 6) is 1.01. The topological polar surface area (TPSA) is 88.8 Å². The van der Waals surface area contributed by atoms with E-state index < -0.39 is 0 Å². The maximum absolute atomic E-state index is 12.1. The second kappa shape index (κ2) is 5.19. The number of rotatable bonds is 3. The zero-order chi connectivity index (χ0) is 15.1. The van der Waals surface area contributed by atoms with Gasteiger partial charge in [0.1, 0.15) is 5.76 Å². The molecule has 114 valence electrons. The third kappa shape index (κ3) is 2.10. The highest BCUT2D eigenvalue weighted by Crippen LogP contribution is 2.27. The van der Waals surface area contributed by atoms with Crippen LogP contribution < -0.4 is 0 Å². The monoisotopic (exact) mass is 299 g/mol. The maximum Gasteiger partial charge on any atom is 0.168 e. The lowest BCUT2D eigenvalue weighted by molar-refractivity contribution is 0.0961. The van der Waals surface area contributed by atoms with Crippen LogP contribution in [0.25, 0.3) is 0 Å². The van der Waals surface area contributed by atoms with Crippen LogP contribution in [0.5, 0.6) is 0 Å². The Morgan fingerprint density at radius 3 is 2.50 bits per heavy atom. The minimum absolute atomic E-state index is 0.123. The van der Waals surface area contributed by atoms with Crippen molar-refractivity contribution in [3.63, 3.8) is 0 Å². The summed E-state index contributed by atoms with van der Waals surface area (Å²) in [4.78, 5) is 24.1. The van der Waals surface area contributed by atoms with Gasteiger partial charge in [0.15, 0.2) is 11.6 Å². The number of Topliss-reactive ketones (excluding diaryl/α,β-unsaturated/α-hetero) is 2. The zero-order valence-corrected chi connectivity index (χ0v) is 12.3. The number of nitrogens with one attached hydrogen (secondary N) is 1. The van der Waals surface area contributed by atoms with Crippen LogP contribution in [0, 0.1) is 0 Å². The minimum atomic E-state index is 0.123. The lowest BCUT2D eigenvalue weighted by atomic mass is 9.91. The van der Waals surface area contributed by atoms with Crippen molar-refractivity contribution in [3.8, 4) is 0 Å². The summed E-state index contributed by atoms with van der Waals surface area (Å²) in [5, 5.41) is 11.3. The average Bonchev–Trinajstić information content (AvgIpc) is 3.11. The van der Waals surface area contributed by atoms with E-state index in [-0.39, 0.29) is 11.6 Å². The molecule has 6 heteroatoms. The largest absolute Gasteiger partial charge is 0.360 e. The Bertz CT molecular complexity index is 693. The van der Waals surface area contributed by atoms with Gasteiger partial charge in [0.2, 0.25) is 0 Å². The van der Waals surface area contributed by atoms with Crippen molar-refractivity contribution in [1.29, 1.82) is 0 Å². The number of carbonyl (C=O) groups excluding carboxylic acids is 2. The first-order chi connectivity index (χ1) is 10.7. The summed E-state index contributed by atoms with van der Waals surface area (Å²) in [5.41, 5.74) is 3.88. The van der Waals surface area contributed by atoms with E-state index in [2.05, 4.69) is 15.4 Å². The molecule has 0 aromatic carbocycles. The zero-order valence-electron chi connectivity index (χ0n) is 12.3. The van der Waals surface area contributed by atoms with Crippen LogP contribution in [0.2, 0.25) is 0 Å².